The quantitative estimate of drug-likeness (QED) is 0.934. The third kappa shape index (κ3) is 3.83. The van der Waals surface area contributed by atoms with E-state index in [1.54, 1.807) is 38.1 Å². The third-order valence-corrected chi connectivity index (χ3v) is 2.93. The monoisotopic (exact) mass is 280 g/mol. The van der Waals surface area contributed by atoms with Crippen molar-refractivity contribution in [3.05, 3.63) is 60.2 Å². The summed E-state index contributed by atoms with van der Waals surface area (Å²) in [6.45, 7) is 3.40. The van der Waals surface area contributed by atoms with Crippen LogP contribution in [0.25, 0.3) is 0 Å². The van der Waals surface area contributed by atoms with Crippen LogP contribution in [0.5, 0.6) is 5.75 Å². The first-order valence-corrected chi connectivity index (χ1v) is 6.57. The van der Waals surface area contributed by atoms with Crippen LogP contribution >= 0.6 is 0 Å². The molecule has 21 heavy (non-hydrogen) atoms. The third-order valence-electron chi connectivity index (χ3n) is 2.93. The number of nitriles is 1. The summed E-state index contributed by atoms with van der Waals surface area (Å²) in [6, 6.07) is 17.9. The van der Waals surface area contributed by atoms with E-state index < -0.39 is 5.60 Å². The highest BCUT2D eigenvalue weighted by molar-refractivity contribution is 5.96. The Hall–Kier alpha value is -2.80. The highest BCUT2D eigenvalue weighted by atomic mass is 16.5. The first-order valence-electron chi connectivity index (χ1n) is 6.57. The van der Waals surface area contributed by atoms with Crippen molar-refractivity contribution >= 4 is 11.6 Å². The number of ether oxygens (including phenoxy) is 1. The number of anilines is 1. The van der Waals surface area contributed by atoms with E-state index >= 15 is 0 Å². The fourth-order valence-corrected chi connectivity index (χ4v) is 1.74. The zero-order valence-corrected chi connectivity index (χ0v) is 12.0. The number of amides is 1. The molecule has 0 atom stereocenters. The molecule has 0 heterocycles. The molecule has 0 unspecified atom stereocenters. The highest BCUT2D eigenvalue weighted by Gasteiger charge is 2.30. The van der Waals surface area contributed by atoms with E-state index in [0.717, 1.165) is 5.69 Å². The number of hydrogen-bond donors (Lipinski definition) is 1. The Kier molecular flexibility index (Phi) is 4.24. The van der Waals surface area contributed by atoms with Crippen LogP contribution < -0.4 is 10.1 Å². The molecule has 0 fully saturated rings. The Morgan fingerprint density at radius 3 is 2.29 bits per heavy atom. The standard InChI is InChI=1S/C17H16N2O2/c1-17(2,16(20)19-14-6-4-3-5-7-14)21-15-10-8-13(12-18)9-11-15/h3-11H,1-2H3,(H,19,20). The van der Waals surface area contributed by atoms with Crippen LogP contribution in [0.2, 0.25) is 0 Å². The number of benzene rings is 2. The van der Waals surface area contributed by atoms with Crippen LogP contribution in [-0.2, 0) is 4.79 Å². The molecule has 2 aromatic rings. The maximum atomic E-state index is 12.3. The Labute approximate surface area is 124 Å². The van der Waals surface area contributed by atoms with Gasteiger partial charge in [-0.2, -0.15) is 5.26 Å². The lowest BCUT2D eigenvalue weighted by atomic mass is 10.1. The molecular weight excluding hydrogens is 264 g/mol. The van der Waals surface area contributed by atoms with Gasteiger partial charge in [-0.1, -0.05) is 18.2 Å². The van der Waals surface area contributed by atoms with Gasteiger partial charge < -0.3 is 10.1 Å². The lowest BCUT2D eigenvalue weighted by Crippen LogP contribution is -2.42. The average molecular weight is 280 g/mol. The normalized spacial score (nSPS) is 10.5. The van der Waals surface area contributed by atoms with E-state index in [0.29, 0.717) is 11.3 Å². The molecule has 4 nitrogen and oxygen atoms in total. The van der Waals surface area contributed by atoms with Gasteiger partial charge in [0.2, 0.25) is 0 Å². The van der Waals surface area contributed by atoms with Crippen molar-refractivity contribution in [2.75, 3.05) is 5.32 Å². The van der Waals surface area contributed by atoms with Gasteiger partial charge in [-0.05, 0) is 50.2 Å². The molecule has 2 aromatic carbocycles. The molecule has 0 saturated heterocycles. The molecular formula is C17H16N2O2. The Balaban J connectivity index is 2.06. The molecule has 2 rings (SSSR count). The zero-order valence-electron chi connectivity index (χ0n) is 12.0. The van der Waals surface area contributed by atoms with Crippen molar-refractivity contribution in [3.63, 3.8) is 0 Å². The molecule has 0 spiro atoms. The average Bonchev–Trinajstić information content (AvgIpc) is 2.48. The van der Waals surface area contributed by atoms with E-state index in [4.69, 9.17) is 10.00 Å². The van der Waals surface area contributed by atoms with Crippen molar-refractivity contribution in [3.8, 4) is 11.8 Å². The molecule has 0 aliphatic heterocycles. The summed E-state index contributed by atoms with van der Waals surface area (Å²) >= 11 is 0. The molecule has 106 valence electrons. The van der Waals surface area contributed by atoms with E-state index in [9.17, 15) is 4.79 Å². The fraction of sp³-hybridized carbons (Fsp3) is 0.176. The zero-order chi connectivity index (χ0) is 15.3. The minimum Gasteiger partial charge on any atom is -0.478 e. The van der Waals surface area contributed by atoms with Crippen molar-refractivity contribution < 1.29 is 9.53 Å². The van der Waals surface area contributed by atoms with Gasteiger partial charge in [0.1, 0.15) is 5.75 Å². The summed E-state index contributed by atoms with van der Waals surface area (Å²) in [5.74, 6) is 0.306. The summed E-state index contributed by atoms with van der Waals surface area (Å²) in [5, 5.41) is 11.6. The molecule has 0 aliphatic rings. The predicted octanol–water partition coefficient (Wildman–Crippen LogP) is 3.35. The van der Waals surface area contributed by atoms with Gasteiger partial charge in [0.05, 0.1) is 11.6 Å². The summed E-state index contributed by atoms with van der Waals surface area (Å²) < 4.78 is 5.71. The van der Waals surface area contributed by atoms with Crippen molar-refractivity contribution in [1.29, 1.82) is 5.26 Å². The number of nitrogens with zero attached hydrogens (tertiary/aromatic N) is 1. The van der Waals surface area contributed by atoms with Gasteiger partial charge in [-0.3, -0.25) is 4.79 Å². The van der Waals surface area contributed by atoms with Crippen LogP contribution in [0.3, 0.4) is 0 Å². The van der Waals surface area contributed by atoms with Gasteiger partial charge >= 0.3 is 0 Å². The molecule has 1 N–H and O–H groups in total. The van der Waals surface area contributed by atoms with Crippen molar-refractivity contribution in [2.45, 2.75) is 19.4 Å². The molecule has 0 bridgehead atoms. The molecule has 4 heteroatoms. The highest BCUT2D eigenvalue weighted by Crippen LogP contribution is 2.20. The Morgan fingerprint density at radius 1 is 1.10 bits per heavy atom. The summed E-state index contributed by atoms with van der Waals surface area (Å²) in [7, 11) is 0. The second kappa shape index (κ2) is 6.10. The van der Waals surface area contributed by atoms with Gasteiger partial charge in [0, 0.05) is 5.69 Å². The lowest BCUT2D eigenvalue weighted by Gasteiger charge is -2.25. The Bertz CT molecular complexity index is 655. The second-order valence-electron chi connectivity index (χ2n) is 5.07. The molecule has 0 aromatic heterocycles. The first kappa shape index (κ1) is 14.6. The van der Waals surface area contributed by atoms with Gasteiger partial charge in [0.25, 0.3) is 5.91 Å². The fourth-order valence-electron chi connectivity index (χ4n) is 1.74. The largest absolute Gasteiger partial charge is 0.478 e. The number of carbonyl (C=O) groups excluding carboxylic acids is 1. The van der Waals surface area contributed by atoms with E-state index in [2.05, 4.69) is 5.32 Å². The molecule has 0 radical (unpaired) electrons. The number of carbonyl (C=O) groups is 1. The summed E-state index contributed by atoms with van der Waals surface area (Å²) in [6.07, 6.45) is 0. The summed E-state index contributed by atoms with van der Waals surface area (Å²) in [4.78, 5) is 12.3. The number of hydrogen-bond acceptors (Lipinski definition) is 3. The van der Waals surface area contributed by atoms with Gasteiger partial charge in [-0.15, -0.1) is 0 Å². The molecule has 0 aliphatic carbocycles. The van der Waals surface area contributed by atoms with E-state index in [-0.39, 0.29) is 5.91 Å². The second-order valence-corrected chi connectivity index (χ2v) is 5.07. The van der Waals surface area contributed by atoms with Gasteiger partial charge in [-0.25, -0.2) is 0 Å². The first-order chi connectivity index (χ1) is 10.0. The topological polar surface area (TPSA) is 62.1 Å². The molecule has 0 saturated carbocycles. The van der Waals surface area contributed by atoms with Crippen LogP contribution in [-0.4, -0.2) is 11.5 Å². The van der Waals surface area contributed by atoms with E-state index in [1.165, 1.54) is 0 Å². The number of rotatable bonds is 4. The molecule has 1 amide bonds. The van der Waals surface area contributed by atoms with Crippen molar-refractivity contribution in [2.24, 2.45) is 0 Å². The number of para-hydroxylation sites is 1. The Morgan fingerprint density at radius 2 is 1.71 bits per heavy atom. The predicted molar refractivity (Wildman–Crippen MR) is 80.9 cm³/mol. The maximum absolute atomic E-state index is 12.3. The minimum atomic E-state index is -1.02. The SMILES string of the molecule is CC(C)(Oc1ccc(C#N)cc1)C(=O)Nc1ccccc1. The minimum absolute atomic E-state index is 0.238. The van der Waals surface area contributed by atoms with E-state index in [1.807, 2.05) is 36.4 Å². The smallest absolute Gasteiger partial charge is 0.267 e. The van der Waals surface area contributed by atoms with Crippen molar-refractivity contribution in [1.82, 2.24) is 0 Å². The summed E-state index contributed by atoms with van der Waals surface area (Å²) in [5.41, 5.74) is 0.247. The van der Waals surface area contributed by atoms with Crippen LogP contribution in [0.4, 0.5) is 5.69 Å². The number of nitrogens with one attached hydrogen (secondary N) is 1. The van der Waals surface area contributed by atoms with Gasteiger partial charge in [0.15, 0.2) is 5.60 Å². The maximum Gasteiger partial charge on any atom is 0.267 e. The van der Waals surface area contributed by atoms with Crippen LogP contribution in [0, 0.1) is 11.3 Å². The van der Waals surface area contributed by atoms with Crippen LogP contribution in [0.1, 0.15) is 19.4 Å². The van der Waals surface area contributed by atoms with Crippen LogP contribution in [0.15, 0.2) is 54.6 Å². The lowest BCUT2D eigenvalue weighted by molar-refractivity contribution is -0.128.